The van der Waals surface area contributed by atoms with Crippen LogP contribution in [0.15, 0.2) is 54.6 Å². The number of benzene rings is 2. The van der Waals surface area contributed by atoms with Crippen LogP contribution < -0.4 is 14.9 Å². The van der Waals surface area contributed by atoms with Crippen molar-refractivity contribution in [2.75, 3.05) is 48.7 Å². The van der Waals surface area contributed by atoms with E-state index in [-0.39, 0.29) is 24.6 Å². The summed E-state index contributed by atoms with van der Waals surface area (Å²) in [6.45, 7) is 6.61. The predicted octanol–water partition coefficient (Wildman–Crippen LogP) is 2.28. The summed E-state index contributed by atoms with van der Waals surface area (Å²) in [6, 6.07) is 18.3. The number of carbonyl (C=O) groups is 1. The van der Waals surface area contributed by atoms with E-state index in [0.29, 0.717) is 5.69 Å². The van der Waals surface area contributed by atoms with Gasteiger partial charge in [-0.1, -0.05) is 30.3 Å². The molecule has 1 aliphatic heterocycles. The number of carbonyl (C=O) groups excluding carboxylic acids is 1. The van der Waals surface area contributed by atoms with Crippen molar-refractivity contribution in [2.24, 2.45) is 0 Å². The Morgan fingerprint density at radius 2 is 1.63 bits per heavy atom. The molecule has 1 fully saturated rings. The summed E-state index contributed by atoms with van der Waals surface area (Å²) in [6.07, 6.45) is 0.102. The van der Waals surface area contributed by atoms with E-state index in [9.17, 15) is 13.2 Å². The number of sulfonamides is 1. The zero-order valence-corrected chi connectivity index (χ0v) is 18.2. The highest BCUT2D eigenvalue weighted by atomic mass is 32.2. The third kappa shape index (κ3) is 6.83. The maximum absolute atomic E-state index is 12.0. The highest BCUT2D eigenvalue weighted by molar-refractivity contribution is 7.89. The standard InChI is InChI=1S/C22H30N4O3S/c1-2-30(28,29)23-13-12-22(27)24-20-8-10-21(11-9-20)26-16-14-25(15-17-26)18-19-6-4-3-5-7-19/h3-11,23H,2,12-18H2,1H3,(H,24,27). The highest BCUT2D eigenvalue weighted by Crippen LogP contribution is 2.20. The molecule has 0 bridgehead atoms. The molecule has 8 heteroatoms. The van der Waals surface area contributed by atoms with Gasteiger partial charge in [0.2, 0.25) is 15.9 Å². The first-order valence-electron chi connectivity index (χ1n) is 10.3. The van der Waals surface area contributed by atoms with Crippen molar-refractivity contribution >= 4 is 27.3 Å². The van der Waals surface area contributed by atoms with Crippen LogP contribution in [0.3, 0.4) is 0 Å². The molecule has 0 aliphatic carbocycles. The molecule has 1 saturated heterocycles. The second-order valence-electron chi connectivity index (χ2n) is 7.39. The number of hydrogen-bond donors (Lipinski definition) is 2. The summed E-state index contributed by atoms with van der Waals surface area (Å²) < 4.78 is 25.2. The molecule has 0 atom stereocenters. The molecule has 0 aromatic heterocycles. The predicted molar refractivity (Wildman–Crippen MR) is 121 cm³/mol. The van der Waals surface area contributed by atoms with Crippen LogP contribution in [0.5, 0.6) is 0 Å². The molecule has 0 spiro atoms. The van der Waals surface area contributed by atoms with Crippen LogP contribution in [0.1, 0.15) is 18.9 Å². The van der Waals surface area contributed by atoms with Gasteiger partial charge in [-0.2, -0.15) is 0 Å². The second kappa shape index (κ2) is 10.6. The molecule has 1 amide bonds. The van der Waals surface area contributed by atoms with Gasteiger partial charge in [-0.3, -0.25) is 9.69 Å². The monoisotopic (exact) mass is 430 g/mol. The fraction of sp³-hybridized carbons (Fsp3) is 0.409. The van der Waals surface area contributed by atoms with Gasteiger partial charge in [0.05, 0.1) is 5.75 Å². The number of amides is 1. The summed E-state index contributed by atoms with van der Waals surface area (Å²) in [5, 5.41) is 2.81. The molecule has 3 rings (SSSR count). The highest BCUT2D eigenvalue weighted by Gasteiger charge is 2.17. The van der Waals surface area contributed by atoms with Crippen LogP contribution in [0, 0.1) is 0 Å². The Labute approximate surface area is 179 Å². The maximum atomic E-state index is 12.0. The van der Waals surface area contributed by atoms with Crippen LogP contribution in [0.4, 0.5) is 11.4 Å². The van der Waals surface area contributed by atoms with Gasteiger partial charge in [-0.05, 0) is 36.8 Å². The van der Waals surface area contributed by atoms with Gasteiger partial charge in [0, 0.05) is 57.1 Å². The van der Waals surface area contributed by atoms with Gasteiger partial charge in [-0.15, -0.1) is 0 Å². The van der Waals surface area contributed by atoms with E-state index < -0.39 is 10.0 Å². The molecule has 162 valence electrons. The van der Waals surface area contributed by atoms with Crippen molar-refractivity contribution in [3.05, 3.63) is 60.2 Å². The number of piperazine rings is 1. The summed E-state index contributed by atoms with van der Waals surface area (Å²) in [5.74, 6) is -0.201. The average molecular weight is 431 g/mol. The normalized spacial score (nSPS) is 15.2. The van der Waals surface area contributed by atoms with Crippen molar-refractivity contribution < 1.29 is 13.2 Å². The van der Waals surface area contributed by atoms with E-state index in [0.717, 1.165) is 38.4 Å². The minimum absolute atomic E-state index is 0.0105. The first kappa shape index (κ1) is 22.3. The van der Waals surface area contributed by atoms with Crippen molar-refractivity contribution in [1.82, 2.24) is 9.62 Å². The average Bonchev–Trinajstić information content (AvgIpc) is 2.75. The number of nitrogens with one attached hydrogen (secondary N) is 2. The molecule has 7 nitrogen and oxygen atoms in total. The van der Waals surface area contributed by atoms with Crippen LogP contribution in [0.2, 0.25) is 0 Å². The van der Waals surface area contributed by atoms with E-state index in [2.05, 4.69) is 44.1 Å². The molecule has 2 aromatic carbocycles. The Kier molecular flexibility index (Phi) is 7.84. The molecule has 1 aliphatic rings. The van der Waals surface area contributed by atoms with Gasteiger partial charge >= 0.3 is 0 Å². The Bertz CT molecular complexity index is 909. The molecule has 2 aromatic rings. The first-order valence-corrected chi connectivity index (χ1v) is 12.0. The van der Waals surface area contributed by atoms with Gasteiger partial charge < -0.3 is 10.2 Å². The number of nitrogens with zero attached hydrogens (tertiary/aromatic N) is 2. The first-order chi connectivity index (χ1) is 14.4. The van der Waals surface area contributed by atoms with E-state index in [1.165, 1.54) is 5.56 Å². The SMILES string of the molecule is CCS(=O)(=O)NCCC(=O)Nc1ccc(N2CCN(Cc3ccccc3)CC2)cc1. The number of rotatable bonds is 9. The van der Waals surface area contributed by atoms with Gasteiger partial charge in [0.25, 0.3) is 0 Å². The molecule has 0 saturated carbocycles. The third-order valence-electron chi connectivity index (χ3n) is 5.19. The summed E-state index contributed by atoms with van der Waals surface area (Å²) in [5.41, 5.74) is 3.20. The lowest BCUT2D eigenvalue weighted by molar-refractivity contribution is -0.116. The quantitative estimate of drug-likeness (QED) is 0.638. The van der Waals surface area contributed by atoms with Crippen molar-refractivity contribution in [1.29, 1.82) is 0 Å². The number of hydrogen-bond acceptors (Lipinski definition) is 5. The smallest absolute Gasteiger partial charge is 0.225 e. The second-order valence-corrected chi connectivity index (χ2v) is 9.49. The van der Waals surface area contributed by atoms with E-state index in [4.69, 9.17) is 0 Å². The van der Waals surface area contributed by atoms with Crippen LogP contribution in [-0.2, 0) is 21.4 Å². The topological polar surface area (TPSA) is 81.7 Å². The fourth-order valence-electron chi connectivity index (χ4n) is 3.41. The lowest BCUT2D eigenvalue weighted by Gasteiger charge is -2.36. The molecule has 0 unspecified atom stereocenters. The fourth-order valence-corrected chi connectivity index (χ4v) is 4.02. The minimum atomic E-state index is -3.27. The lowest BCUT2D eigenvalue weighted by atomic mass is 10.2. The van der Waals surface area contributed by atoms with Crippen LogP contribution in [0.25, 0.3) is 0 Å². The van der Waals surface area contributed by atoms with E-state index in [1.54, 1.807) is 6.92 Å². The molecule has 30 heavy (non-hydrogen) atoms. The Morgan fingerprint density at radius 1 is 0.967 bits per heavy atom. The maximum Gasteiger partial charge on any atom is 0.225 e. The Hall–Kier alpha value is -2.42. The summed E-state index contributed by atoms with van der Waals surface area (Å²) in [7, 11) is -3.27. The molecule has 1 heterocycles. The van der Waals surface area contributed by atoms with Crippen molar-refractivity contribution in [3.8, 4) is 0 Å². The largest absolute Gasteiger partial charge is 0.369 e. The molecular formula is C22H30N4O3S. The zero-order valence-electron chi connectivity index (χ0n) is 17.4. The third-order valence-corrected chi connectivity index (χ3v) is 6.60. The minimum Gasteiger partial charge on any atom is -0.369 e. The van der Waals surface area contributed by atoms with E-state index >= 15 is 0 Å². The van der Waals surface area contributed by atoms with Crippen molar-refractivity contribution in [3.63, 3.8) is 0 Å². The lowest BCUT2D eigenvalue weighted by Crippen LogP contribution is -2.45. The Morgan fingerprint density at radius 3 is 2.27 bits per heavy atom. The molecular weight excluding hydrogens is 400 g/mol. The van der Waals surface area contributed by atoms with Crippen LogP contribution in [-0.4, -0.2) is 57.7 Å². The molecule has 0 radical (unpaired) electrons. The van der Waals surface area contributed by atoms with Gasteiger partial charge in [0.1, 0.15) is 0 Å². The summed E-state index contributed by atoms with van der Waals surface area (Å²) in [4.78, 5) is 16.8. The van der Waals surface area contributed by atoms with Crippen LogP contribution >= 0.6 is 0 Å². The number of anilines is 2. The summed E-state index contributed by atoms with van der Waals surface area (Å²) >= 11 is 0. The zero-order chi connectivity index (χ0) is 21.4. The Balaban J connectivity index is 1.43. The van der Waals surface area contributed by atoms with Gasteiger partial charge in [-0.25, -0.2) is 13.1 Å². The molecule has 2 N–H and O–H groups in total. The van der Waals surface area contributed by atoms with E-state index in [1.807, 2.05) is 30.3 Å². The van der Waals surface area contributed by atoms with Gasteiger partial charge in [0.15, 0.2) is 0 Å². The van der Waals surface area contributed by atoms with Crippen molar-refractivity contribution in [2.45, 2.75) is 19.9 Å².